The second-order valence-corrected chi connectivity index (χ2v) is 8.13. The lowest BCUT2D eigenvalue weighted by Crippen LogP contribution is -2.33. The van der Waals surface area contributed by atoms with Gasteiger partial charge in [0, 0.05) is 29.0 Å². The van der Waals surface area contributed by atoms with E-state index in [-0.39, 0.29) is 5.91 Å². The molecule has 0 aliphatic carbocycles. The summed E-state index contributed by atoms with van der Waals surface area (Å²) in [6.45, 7) is 1.45. The molecule has 2 heterocycles. The van der Waals surface area contributed by atoms with Crippen molar-refractivity contribution in [2.75, 3.05) is 40.2 Å². The van der Waals surface area contributed by atoms with Gasteiger partial charge in [0.25, 0.3) is 5.91 Å². The number of rotatable bonds is 5. The molecule has 0 radical (unpaired) electrons. The van der Waals surface area contributed by atoms with Gasteiger partial charge in [-0.3, -0.25) is 4.79 Å². The lowest BCUT2D eigenvalue weighted by atomic mass is 10.1. The number of ether oxygens (including phenoxy) is 3. The monoisotopic (exact) mass is 393 g/mol. The standard InChI is InChI=1S/C19H23NO4S2/c1-22-14-7-6-13(17(23-2)18(14)24-3)19(21)20-9-8-16(26-12-10-20)15-5-4-11-25-15/h4-7,11,16H,8-10,12H2,1-3H3. The van der Waals surface area contributed by atoms with E-state index in [4.69, 9.17) is 14.2 Å². The van der Waals surface area contributed by atoms with Crippen LogP contribution < -0.4 is 14.2 Å². The maximum atomic E-state index is 13.1. The summed E-state index contributed by atoms with van der Waals surface area (Å²) < 4.78 is 16.2. The van der Waals surface area contributed by atoms with Crippen molar-refractivity contribution in [1.29, 1.82) is 0 Å². The Hall–Kier alpha value is -1.86. The Labute approximate surface area is 162 Å². The molecular weight excluding hydrogens is 370 g/mol. The first-order valence-electron chi connectivity index (χ1n) is 8.42. The number of hydrogen-bond donors (Lipinski definition) is 0. The zero-order valence-electron chi connectivity index (χ0n) is 15.2. The van der Waals surface area contributed by atoms with Gasteiger partial charge in [0.1, 0.15) is 0 Å². The van der Waals surface area contributed by atoms with E-state index in [0.717, 1.165) is 25.3 Å². The molecule has 1 fully saturated rings. The van der Waals surface area contributed by atoms with Crippen molar-refractivity contribution in [2.24, 2.45) is 0 Å². The van der Waals surface area contributed by atoms with Gasteiger partial charge in [0.15, 0.2) is 11.5 Å². The topological polar surface area (TPSA) is 48.0 Å². The molecule has 5 nitrogen and oxygen atoms in total. The van der Waals surface area contributed by atoms with Crippen LogP contribution in [0.3, 0.4) is 0 Å². The second-order valence-electron chi connectivity index (χ2n) is 5.84. The Morgan fingerprint density at radius 2 is 1.88 bits per heavy atom. The van der Waals surface area contributed by atoms with Gasteiger partial charge in [-0.25, -0.2) is 0 Å². The molecule has 140 valence electrons. The summed E-state index contributed by atoms with van der Waals surface area (Å²) >= 11 is 3.71. The SMILES string of the molecule is COc1ccc(C(=O)N2CCSC(c3cccs3)CC2)c(OC)c1OC. The van der Waals surface area contributed by atoms with Crippen molar-refractivity contribution >= 4 is 29.0 Å². The summed E-state index contributed by atoms with van der Waals surface area (Å²) in [5.41, 5.74) is 0.504. The molecule has 1 aliphatic rings. The van der Waals surface area contributed by atoms with E-state index in [1.807, 2.05) is 16.7 Å². The molecule has 1 saturated heterocycles. The minimum Gasteiger partial charge on any atom is -0.493 e. The predicted octanol–water partition coefficient (Wildman–Crippen LogP) is 4.09. The highest BCUT2D eigenvalue weighted by atomic mass is 32.2. The van der Waals surface area contributed by atoms with Gasteiger partial charge in [-0.05, 0) is 30.0 Å². The van der Waals surface area contributed by atoms with Crippen LogP contribution in [-0.4, -0.2) is 51.0 Å². The summed E-state index contributed by atoms with van der Waals surface area (Å²) in [6.07, 6.45) is 0.951. The number of benzene rings is 1. The molecule has 26 heavy (non-hydrogen) atoms. The third-order valence-corrected chi connectivity index (χ3v) is 6.87. The molecule has 0 spiro atoms. The fraction of sp³-hybridized carbons (Fsp3) is 0.421. The average molecular weight is 394 g/mol. The molecule has 1 atom stereocenters. The molecular formula is C19H23NO4S2. The van der Waals surface area contributed by atoms with E-state index >= 15 is 0 Å². The average Bonchev–Trinajstić information content (AvgIpc) is 3.10. The van der Waals surface area contributed by atoms with E-state index in [9.17, 15) is 4.79 Å². The van der Waals surface area contributed by atoms with Gasteiger partial charge in [-0.2, -0.15) is 11.8 Å². The van der Waals surface area contributed by atoms with Crippen LogP contribution >= 0.6 is 23.1 Å². The fourth-order valence-corrected chi connectivity index (χ4v) is 5.35. The summed E-state index contributed by atoms with van der Waals surface area (Å²) in [6, 6.07) is 7.76. The molecule has 3 rings (SSSR count). The highest BCUT2D eigenvalue weighted by Crippen LogP contribution is 2.41. The van der Waals surface area contributed by atoms with Crippen LogP contribution in [0.25, 0.3) is 0 Å². The van der Waals surface area contributed by atoms with Crippen molar-refractivity contribution in [3.05, 3.63) is 40.1 Å². The van der Waals surface area contributed by atoms with Crippen LogP contribution in [0.5, 0.6) is 17.2 Å². The molecule has 0 saturated carbocycles. The van der Waals surface area contributed by atoms with Crippen molar-refractivity contribution in [3.8, 4) is 17.2 Å². The molecule has 1 aromatic heterocycles. The lowest BCUT2D eigenvalue weighted by Gasteiger charge is -2.22. The molecule has 0 bridgehead atoms. The first-order chi connectivity index (χ1) is 12.7. The van der Waals surface area contributed by atoms with Crippen molar-refractivity contribution in [3.63, 3.8) is 0 Å². The van der Waals surface area contributed by atoms with Crippen LogP contribution in [0.4, 0.5) is 0 Å². The fourth-order valence-electron chi connectivity index (χ4n) is 3.12. The van der Waals surface area contributed by atoms with Crippen molar-refractivity contribution in [2.45, 2.75) is 11.7 Å². The zero-order valence-corrected chi connectivity index (χ0v) is 16.8. The Balaban J connectivity index is 1.81. The van der Waals surface area contributed by atoms with Gasteiger partial charge >= 0.3 is 0 Å². The van der Waals surface area contributed by atoms with Crippen LogP contribution in [0.15, 0.2) is 29.6 Å². The zero-order chi connectivity index (χ0) is 18.5. The van der Waals surface area contributed by atoms with Crippen LogP contribution in [0, 0.1) is 0 Å². The Morgan fingerprint density at radius 3 is 2.54 bits per heavy atom. The molecule has 1 unspecified atom stereocenters. The van der Waals surface area contributed by atoms with Gasteiger partial charge in [0.05, 0.1) is 26.9 Å². The second kappa shape index (κ2) is 8.68. The third kappa shape index (κ3) is 3.78. The predicted molar refractivity (Wildman–Crippen MR) is 106 cm³/mol. The molecule has 0 N–H and O–H groups in total. The van der Waals surface area contributed by atoms with E-state index < -0.39 is 0 Å². The van der Waals surface area contributed by atoms with E-state index in [2.05, 4.69) is 17.5 Å². The van der Waals surface area contributed by atoms with Gasteiger partial charge in [0.2, 0.25) is 5.75 Å². The van der Waals surface area contributed by atoms with E-state index in [1.165, 1.54) is 4.88 Å². The molecule has 2 aromatic rings. The first-order valence-corrected chi connectivity index (χ1v) is 10.4. The number of hydrogen-bond acceptors (Lipinski definition) is 6. The minimum absolute atomic E-state index is 0.0322. The Kier molecular flexibility index (Phi) is 6.32. The van der Waals surface area contributed by atoms with Crippen molar-refractivity contribution < 1.29 is 19.0 Å². The van der Waals surface area contributed by atoms with Crippen LogP contribution in [0.1, 0.15) is 26.9 Å². The van der Waals surface area contributed by atoms with Gasteiger partial charge in [-0.1, -0.05) is 6.07 Å². The Bertz CT molecular complexity index is 748. The Morgan fingerprint density at radius 1 is 1.08 bits per heavy atom. The summed E-state index contributed by atoms with van der Waals surface area (Å²) in [5, 5.41) is 2.57. The number of thiophene rings is 1. The third-order valence-electron chi connectivity index (χ3n) is 4.42. The summed E-state index contributed by atoms with van der Waals surface area (Å²) in [5.74, 6) is 2.30. The molecule has 1 aliphatic heterocycles. The van der Waals surface area contributed by atoms with E-state index in [1.54, 1.807) is 44.8 Å². The normalized spacial score (nSPS) is 17.5. The van der Waals surface area contributed by atoms with Crippen LogP contribution in [0.2, 0.25) is 0 Å². The number of nitrogens with zero attached hydrogens (tertiary/aromatic N) is 1. The number of amides is 1. The smallest absolute Gasteiger partial charge is 0.257 e. The number of carbonyl (C=O) groups is 1. The minimum atomic E-state index is -0.0322. The van der Waals surface area contributed by atoms with Gasteiger partial charge < -0.3 is 19.1 Å². The number of carbonyl (C=O) groups excluding carboxylic acids is 1. The maximum absolute atomic E-state index is 13.1. The van der Waals surface area contributed by atoms with Crippen molar-refractivity contribution in [1.82, 2.24) is 4.90 Å². The molecule has 7 heteroatoms. The summed E-state index contributed by atoms with van der Waals surface area (Å²) in [4.78, 5) is 16.4. The summed E-state index contributed by atoms with van der Waals surface area (Å²) in [7, 11) is 4.65. The maximum Gasteiger partial charge on any atom is 0.257 e. The highest BCUT2D eigenvalue weighted by molar-refractivity contribution is 7.99. The number of methoxy groups -OCH3 is 3. The van der Waals surface area contributed by atoms with Crippen LogP contribution in [-0.2, 0) is 0 Å². The lowest BCUT2D eigenvalue weighted by molar-refractivity contribution is 0.0762. The highest BCUT2D eigenvalue weighted by Gasteiger charge is 2.27. The molecule has 1 aromatic carbocycles. The van der Waals surface area contributed by atoms with E-state index in [0.29, 0.717) is 28.1 Å². The van der Waals surface area contributed by atoms with Gasteiger partial charge in [-0.15, -0.1) is 11.3 Å². The molecule has 1 amide bonds. The first kappa shape index (κ1) is 18.9. The quantitative estimate of drug-likeness (QED) is 0.766. The largest absolute Gasteiger partial charge is 0.493 e. The number of thioether (sulfide) groups is 1.